The Morgan fingerprint density at radius 2 is 1.88 bits per heavy atom. The molecule has 1 aromatic carbocycles. The molecule has 0 bridgehead atoms. The second kappa shape index (κ2) is 8.94. The van der Waals surface area contributed by atoms with Crippen molar-refractivity contribution in [3.63, 3.8) is 0 Å². The zero-order valence-corrected chi connectivity index (χ0v) is 14.7. The van der Waals surface area contributed by atoms with Gasteiger partial charge in [-0.15, -0.1) is 0 Å². The molecular weight excluding hydrogens is 338 g/mol. The number of halogens is 2. The van der Waals surface area contributed by atoms with Gasteiger partial charge in [-0.1, -0.05) is 30.3 Å². The summed E-state index contributed by atoms with van der Waals surface area (Å²) < 4.78 is 30.6. The van der Waals surface area contributed by atoms with E-state index >= 15 is 0 Å². The van der Waals surface area contributed by atoms with E-state index in [0.717, 1.165) is 29.9 Å². The molecule has 0 unspecified atom stereocenters. The maximum atomic E-state index is 12.4. The summed E-state index contributed by atoms with van der Waals surface area (Å²) in [6, 6.07) is 13.7. The van der Waals surface area contributed by atoms with Crippen LogP contribution < -0.4 is 5.32 Å². The van der Waals surface area contributed by atoms with Gasteiger partial charge < -0.3 is 9.73 Å². The highest BCUT2D eigenvalue weighted by Crippen LogP contribution is 2.22. The molecule has 4 nitrogen and oxygen atoms in total. The maximum absolute atomic E-state index is 12.4. The van der Waals surface area contributed by atoms with Crippen LogP contribution in [-0.2, 0) is 11.2 Å². The van der Waals surface area contributed by atoms with Crippen LogP contribution in [0.15, 0.2) is 46.9 Å². The highest BCUT2D eigenvalue weighted by molar-refractivity contribution is 5.76. The number of carbonyl (C=O) groups excluding carboxylic acids is 1. The number of benzene rings is 1. The largest absolute Gasteiger partial charge is 0.461 e. The first-order valence-electron chi connectivity index (χ1n) is 9.04. The summed E-state index contributed by atoms with van der Waals surface area (Å²) >= 11 is 0. The molecule has 2 heterocycles. The van der Waals surface area contributed by atoms with E-state index in [1.807, 2.05) is 42.5 Å². The topological polar surface area (TPSA) is 45.5 Å². The number of nitrogens with one attached hydrogen (secondary N) is 1. The van der Waals surface area contributed by atoms with Crippen molar-refractivity contribution in [3.05, 3.63) is 48.2 Å². The average molecular weight is 362 g/mol. The lowest BCUT2D eigenvalue weighted by Crippen LogP contribution is -2.45. The first-order valence-corrected chi connectivity index (χ1v) is 9.04. The first-order chi connectivity index (χ1) is 12.6. The van der Waals surface area contributed by atoms with Gasteiger partial charge in [0, 0.05) is 37.5 Å². The van der Waals surface area contributed by atoms with Crippen molar-refractivity contribution in [2.24, 2.45) is 0 Å². The number of nitrogens with zero attached hydrogens (tertiary/aromatic N) is 1. The van der Waals surface area contributed by atoms with Gasteiger partial charge in [-0.25, -0.2) is 8.78 Å². The number of amides is 1. The van der Waals surface area contributed by atoms with Crippen LogP contribution in [0.4, 0.5) is 8.78 Å². The van der Waals surface area contributed by atoms with E-state index in [2.05, 4.69) is 5.32 Å². The molecular formula is C20H24F2N2O2. The molecule has 1 fully saturated rings. The highest BCUT2D eigenvalue weighted by atomic mass is 19.3. The molecule has 3 rings (SSSR count). The summed E-state index contributed by atoms with van der Waals surface area (Å²) in [6.07, 6.45) is 0.0478. The third kappa shape index (κ3) is 5.39. The third-order valence-electron chi connectivity index (χ3n) is 4.67. The van der Waals surface area contributed by atoms with Crippen LogP contribution in [-0.4, -0.2) is 42.9 Å². The Balaban J connectivity index is 1.40. The van der Waals surface area contributed by atoms with E-state index in [9.17, 15) is 13.6 Å². The second-order valence-corrected chi connectivity index (χ2v) is 6.67. The van der Waals surface area contributed by atoms with Crippen LogP contribution in [0.2, 0.25) is 0 Å². The lowest BCUT2D eigenvalue weighted by atomic mass is 10.0. The van der Waals surface area contributed by atoms with Gasteiger partial charge in [-0.2, -0.15) is 0 Å². The van der Waals surface area contributed by atoms with E-state index < -0.39 is 6.43 Å². The molecule has 26 heavy (non-hydrogen) atoms. The number of furan rings is 1. The van der Waals surface area contributed by atoms with Crippen molar-refractivity contribution < 1.29 is 18.0 Å². The van der Waals surface area contributed by atoms with Crippen LogP contribution in [0, 0.1) is 0 Å². The number of alkyl halides is 2. The van der Waals surface area contributed by atoms with E-state index in [0.29, 0.717) is 25.9 Å². The predicted molar refractivity (Wildman–Crippen MR) is 96.1 cm³/mol. The Morgan fingerprint density at radius 3 is 2.58 bits per heavy atom. The van der Waals surface area contributed by atoms with Gasteiger partial charge in [-0.05, 0) is 25.0 Å². The normalized spacial score (nSPS) is 16.1. The van der Waals surface area contributed by atoms with Crippen LogP contribution >= 0.6 is 0 Å². The minimum atomic E-state index is -2.30. The van der Waals surface area contributed by atoms with Gasteiger partial charge in [0.2, 0.25) is 5.91 Å². The van der Waals surface area contributed by atoms with Gasteiger partial charge in [0.25, 0.3) is 6.43 Å². The molecule has 140 valence electrons. The summed E-state index contributed by atoms with van der Waals surface area (Å²) in [4.78, 5) is 13.9. The molecule has 1 saturated heterocycles. The van der Waals surface area contributed by atoms with Gasteiger partial charge in [0.1, 0.15) is 11.5 Å². The number of piperidine rings is 1. The third-order valence-corrected chi connectivity index (χ3v) is 4.67. The molecule has 1 aliphatic rings. The van der Waals surface area contributed by atoms with Crippen LogP contribution in [0.1, 0.15) is 25.0 Å². The molecule has 1 N–H and O–H groups in total. The van der Waals surface area contributed by atoms with Crippen molar-refractivity contribution in [1.29, 1.82) is 0 Å². The lowest BCUT2D eigenvalue weighted by molar-refractivity contribution is -0.122. The fourth-order valence-electron chi connectivity index (χ4n) is 3.26. The van der Waals surface area contributed by atoms with Crippen molar-refractivity contribution in [2.75, 3.05) is 19.6 Å². The van der Waals surface area contributed by atoms with Crippen molar-refractivity contribution in [1.82, 2.24) is 10.2 Å². The number of aryl methyl sites for hydroxylation is 1. The van der Waals surface area contributed by atoms with Gasteiger partial charge in [0.15, 0.2) is 0 Å². The monoisotopic (exact) mass is 362 g/mol. The SMILES string of the molecule is O=C(CCc1ccc(-c2ccccc2)o1)NC1CCN(CC(F)F)CC1. The standard InChI is InChI=1S/C20H24F2N2O2/c21-19(22)14-24-12-10-16(11-13-24)23-20(25)9-7-17-6-8-18(26-17)15-4-2-1-3-5-15/h1-6,8,16,19H,7,9-14H2,(H,23,25). The zero-order chi connectivity index (χ0) is 18.4. The van der Waals surface area contributed by atoms with Gasteiger partial charge in [-0.3, -0.25) is 9.69 Å². The molecule has 0 saturated carbocycles. The first kappa shape index (κ1) is 18.6. The molecule has 1 amide bonds. The van der Waals surface area contributed by atoms with Crippen molar-refractivity contribution in [2.45, 2.75) is 38.2 Å². The Labute approximate surface area is 152 Å². The Bertz CT molecular complexity index is 695. The predicted octanol–water partition coefficient (Wildman–Crippen LogP) is 3.72. The Hall–Kier alpha value is -2.21. The molecule has 2 aromatic rings. The van der Waals surface area contributed by atoms with Crippen LogP contribution in [0.5, 0.6) is 0 Å². The van der Waals surface area contributed by atoms with Crippen LogP contribution in [0.3, 0.4) is 0 Å². The summed E-state index contributed by atoms with van der Waals surface area (Å²) in [5.74, 6) is 1.56. The minimum Gasteiger partial charge on any atom is -0.461 e. The van der Waals surface area contributed by atoms with Crippen molar-refractivity contribution in [3.8, 4) is 11.3 Å². The molecule has 1 aliphatic heterocycles. The van der Waals surface area contributed by atoms with Crippen molar-refractivity contribution >= 4 is 5.91 Å². The fourth-order valence-corrected chi connectivity index (χ4v) is 3.26. The summed E-state index contributed by atoms with van der Waals surface area (Å²) in [7, 11) is 0. The molecule has 0 atom stereocenters. The van der Waals surface area contributed by atoms with Gasteiger partial charge >= 0.3 is 0 Å². The summed E-state index contributed by atoms with van der Waals surface area (Å²) in [6.45, 7) is 1.03. The Morgan fingerprint density at radius 1 is 1.15 bits per heavy atom. The molecule has 0 aliphatic carbocycles. The van der Waals surface area contributed by atoms with E-state index in [1.54, 1.807) is 4.90 Å². The molecule has 0 spiro atoms. The minimum absolute atomic E-state index is 0.0185. The molecule has 0 radical (unpaired) electrons. The molecule has 6 heteroatoms. The van der Waals surface area contributed by atoms with E-state index in [4.69, 9.17) is 4.42 Å². The van der Waals surface area contributed by atoms with Gasteiger partial charge in [0.05, 0.1) is 6.54 Å². The highest BCUT2D eigenvalue weighted by Gasteiger charge is 2.22. The number of carbonyl (C=O) groups is 1. The smallest absolute Gasteiger partial charge is 0.251 e. The zero-order valence-electron chi connectivity index (χ0n) is 14.7. The van der Waals surface area contributed by atoms with Crippen LogP contribution in [0.25, 0.3) is 11.3 Å². The summed E-state index contributed by atoms with van der Waals surface area (Å²) in [5.41, 5.74) is 1.01. The number of likely N-dealkylation sites (tertiary alicyclic amines) is 1. The molecule has 1 aromatic heterocycles. The number of hydrogen-bond donors (Lipinski definition) is 1. The average Bonchev–Trinajstić information content (AvgIpc) is 3.11. The maximum Gasteiger partial charge on any atom is 0.251 e. The number of hydrogen-bond acceptors (Lipinski definition) is 3. The Kier molecular flexibility index (Phi) is 6.39. The summed E-state index contributed by atoms with van der Waals surface area (Å²) in [5, 5.41) is 3.01. The quantitative estimate of drug-likeness (QED) is 0.816. The fraction of sp³-hybridized carbons (Fsp3) is 0.450. The number of rotatable bonds is 7. The lowest BCUT2D eigenvalue weighted by Gasteiger charge is -2.32. The van der Waals surface area contributed by atoms with E-state index in [1.165, 1.54) is 0 Å². The van der Waals surface area contributed by atoms with E-state index in [-0.39, 0.29) is 18.5 Å². The second-order valence-electron chi connectivity index (χ2n) is 6.67.